The molecule has 2 heterocycles. The predicted octanol–water partition coefficient (Wildman–Crippen LogP) is 2.70. The zero-order valence-corrected chi connectivity index (χ0v) is 14.7. The highest BCUT2D eigenvalue weighted by atomic mass is 16.5. The first kappa shape index (κ1) is 16.4. The van der Waals surface area contributed by atoms with Gasteiger partial charge in [-0.2, -0.15) is 0 Å². The first-order chi connectivity index (χ1) is 12.3. The fourth-order valence-corrected chi connectivity index (χ4v) is 3.83. The van der Waals surface area contributed by atoms with Crippen LogP contribution in [0, 0.1) is 5.92 Å². The average molecular weight is 338 g/mol. The summed E-state index contributed by atoms with van der Waals surface area (Å²) in [6.07, 6.45) is 10.7. The van der Waals surface area contributed by atoms with Crippen LogP contribution in [0.15, 0.2) is 42.1 Å². The topological polar surface area (TPSA) is 41.6 Å². The Kier molecular flexibility index (Phi) is 4.88. The van der Waals surface area contributed by atoms with E-state index in [0.29, 0.717) is 12.5 Å². The van der Waals surface area contributed by atoms with E-state index in [1.807, 2.05) is 6.07 Å². The molecule has 1 unspecified atom stereocenters. The Morgan fingerprint density at radius 2 is 2.08 bits per heavy atom. The summed E-state index contributed by atoms with van der Waals surface area (Å²) in [5.41, 5.74) is 4.82. The fraction of sp³-hybridized carbons (Fsp3) is 0.476. The van der Waals surface area contributed by atoms with Gasteiger partial charge in [0.25, 0.3) is 5.91 Å². The minimum absolute atomic E-state index is 0.0408. The normalized spacial score (nSPS) is 22.5. The van der Waals surface area contributed by atoms with Gasteiger partial charge in [-0.1, -0.05) is 12.1 Å². The van der Waals surface area contributed by atoms with E-state index in [9.17, 15) is 4.79 Å². The molecule has 1 aromatic rings. The molecule has 0 aromatic heterocycles. The molecule has 1 N–H and O–H groups in total. The minimum atomic E-state index is 0.0408. The lowest BCUT2D eigenvalue weighted by Gasteiger charge is -2.26. The molecular weight excluding hydrogens is 312 g/mol. The Labute approximate surface area is 149 Å². The van der Waals surface area contributed by atoms with Gasteiger partial charge in [-0.15, -0.1) is 0 Å². The van der Waals surface area contributed by atoms with Gasteiger partial charge in [0.05, 0.1) is 6.61 Å². The van der Waals surface area contributed by atoms with Crippen LogP contribution in [0.2, 0.25) is 0 Å². The summed E-state index contributed by atoms with van der Waals surface area (Å²) in [4.78, 5) is 14.9. The lowest BCUT2D eigenvalue weighted by atomic mass is 9.99. The van der Waals surface area contributed by atoms with Crippen molar-refractivity contribution in [1.29, 1.82) is 0 Å². The second kappa shape index (κ2) is 7.44. The Morgan fingerprint density at radius 3 is 2.80 bits per heavy atom. The number of rotatable bonds is 4. The molecule has 4 heteroatoms. The van der Waals surface area contributed by atoms with Crippen LogP contribution in [-0.2, 0) is 17.6 Å². The smallest absolute Gasteiger partial charge is 0.251 e. The monoisotopic (exact) mass is 338 g/mol. The Morgan fingerprint density at radius 1 is 1.24 bits per heavy atom. The van der Waals surface area contributed by atoms with Gasteiger partial charge >= 0.3 is 0 Å². The van der Waals surface area contributed by atoms with Crippen LogP contribution in [0.3, 0.4) is 0 Å². The average Bonchev–Trinajstić information content (AvgIpc) is 2.81. The number of amides is 1. The first-order valence-corrected chi connectivity index (χ1v) is 9.40. The zero-order chi connectivity index (χ0) is 17.1. The Bertz CT molecular complexity index is 702. The molecule has 1 amide bonds. The van der Waals surface area contributed by atoms with E-state index in [1.165, 1.54) is 16.8 Å². The number of ether oxygens (including phenoxy) is 1. The Balaban J connectivity index is 1.37. The molecule has 0 spiro atoms. The maximum absolute atomic E-state index is 12.5. The van der Waals surface area contributed by atoms with E-state index in [1.54, 1.807) is 0 Å². The van der Waals surface area contributed by atoms with E-state index < -0.39 is 0 Å². The van der Waals surface area contributed by atoms with Gasteiger partial charge in [-0.25, -0.2) is 0 Å². The van der Waals surface area contributed by atoms with Crippen LogP contribution in [0.5, 0.6) is 0 Å². The van der Waals surface area contributed by atoms with Gasteiger partial charge in [0.1, 0.15) is 0 Å². The van der Waals surface area contributed by atoms with Gasteiger partial charge in [0.15, 0.2) is 0 Å². The van der Waals surface area contributed by atoms with Gasteiger partial charge in [-0.05, 0) is 67.0 Å². The molecule has 3 aliphatic rings. The number of nitrogens with one attached hydrogen (secondary N) is 1. The van der Waals surface area contributed by atoms with Crippen LogP contribution in [0.4, 0.5) is 0 Å². The molecule has 1 saturated heterocycles. The quantitative estimate of drug-likeness (QED) is 0.918. The van der Waals surface area contributed by atoms with Crippen molar-refractivity contribution in [3.63, 3.8) is 0 Å². The summed E-state index contributed by atoms with van der Waals surface area (Å²) in [7, 11) is 0. The Hall–Kier alpha value is -2.07. The third kappa shape index (κ3) is 3.79. The molecule has 1 fully saturated rings. The number of hydrogen-bond donors (Lipinski definition) is 1. The number of allylic oxidation sites excluding steroid dienone is 3. The van der Waals surface area contributed by atoms with Crippen LogP contribution >= 0.6 is 0 Å². The van der Waals surface area contributed by atoms with Crippen molar-refractivity contribution in [3.05, 3.63) is 58.8 Å². The lowest BCUT2D eigenvalue weighted by molar-refractivity contribution is 0.0536. The highest BCUT2D eigenvalue weighted by Crippen LogP contribution is 2.22. The highest BCUT2D eigenvalue weighted by molar-refractivity contribution is 5.94. The summed E-state index contributed by atoms with van der Waals surface area (Å²) in [6, 6.07) is 6.21. The summed E-state index contributed by atoms with van der Waals surface area (Å²) in [6.45, 7) is 4.41. The van der Waals surface area contributed by atoms with Crippen molar-refractivity contribution in [3.8, 4) is 0 Å². The van der Waals surface area contributed by atoms with Gasteiger partial charge < -0.3 is 15.0 Å². The number of hydrogen-bond acceptors (Lipinski definition) is 3. The number of carbonyl (C=O) groups excluding carboxylic acids is 1. The zero-order valence-electron chi connectivity index (χ0n) is 14.7. The predicted molar refractivity (Wildman–Crippen MR) is 98.5 cm³/mol. The third-order valence-electron chi connectivity index (χ3n) is 5.48. The minimum Gasteiger partial charge on any atom is -0.381 e. The maximum Gasteiger partial charge on any atom is 0.251 e. The van der Waals surface area contributed by atoms with E-state index in [4.69, 9.17) is 4.74 Å². The summed E-state index contributed by atoms with van der Waals surface area (Å²) in [5, 5.41) is 3.09. The SMILES string of the molecule is O=C(NCC1CCCOC1)c1ccc2c(c1)CCN(C1=CC=C1)CC2. The summed E-state index contributed by atoms with van der Waals surface area (Å²) >= 11 is 0. The largest absolute Gasteiger partial charge is 0.381 e. The molecule has 4 rings (SSSR count). The molecule has 25 heavy (non-hydrogen) atoms. The first-order valence-electron chi connectivity index (χ1n) is 9.40. The van der Waals surface area contributed by atoms with Crippen molar-refractivity contribution in [2.75, 3.05) is 32.8 Å². The molecule has 132 valence electrons. The van der Waals surface area contributed by atoms with Crippen LogP contribution in [0.25, 0.3) is 0 Å². The van der Waals surface area contributed by atoms with E-state index in [-0.39, 0.29) is 5.91 Å². The summed E-state index contributed by atoms with van der Waals surface area (Å²) in [5.74, 6) is 0.495. The standard InChI is InChI=1S/C21H26N2O2/c24-21(22-14-16-3-2-12-25-15-16)19-7-6-17-8-10-23(20-4-1-5-20)11-9-18(17)13-19/h1,4-7,13,16H,2-3,8-12,14-15H2,(H,22,24). The molecule has 1 atom stereocenters. The van der Waals surface area contributed by atoms with Gasteiger partial charge in [0, 0.05) is 37.5 Å². The number of benzene rings is 1. The molecule has 0 radical (unpaired) electrons. The molecule has 1 aliphatic carbocycles. The van der Waals surface area contributed by atoms with Crippen molar-refractivity contribution < 1.29 is 9.53 Å². The highest BCUT2D eigenvalue weighted by Gasteiger charge is 2.19. The van der Waals surface area contributed by atoms with Crippen molar-refractivity contribution >= 4 is 5.91 Å². The number of fused-ring (bicyclic) bond motifs is 1. The molecule has 1 aromatic carbocycles. The molecule has 0 saturated carbocycles. The second-order valence-corrected chi connectivity index (χ2v) is 7.21. The fourth-order valence-electron chi connectivity index (χ4n) is 3.83. The second-order valence-electron chi connectivity index (χ2n) is 7.21. The van der Waals surface area contributed by atoms with E-state index in [2.05, 4.69) is 40.6 Å². The van der Waals surface area contributed by atoms with Gasteiger partial charge in [-0.3, -0.25) is 4.79 Å². The third-order valence-corrected chi connectivity index (χ3v) is 5.48. The molecule has 2 aliphatic heterocycles. The van der Waals surface area contributed by atoms with Crippen molar-refractivity contribution in [2.45, 2.75) is 25.7 Å². The number of nitrogens with zero attached hydrogens (tertiary/aromatic N) is 1. The molecule has 4 nitrogen and oxygen atoms in total. The van der Waals surface area contributed by atoms with Crippen molar-refractivity contribution in [1.82, 2.24) is 10.2 Å². The van der Waals surface area contributed by atoms with Crippen molar-refractivity contribution in [2.24, 2.45) is 5.92 Å². The lowest BCUT2D eigenvalue weighted by Crippen LogP contribution is -2.33. The summed E-state index contributed by atoms with van der Waals surface area (Å²) < 4.78 is 5.49. The van der Waals surface area contributed by atoms with Crippen LogP contribution in [0.1, 0.15) is 34.3 Å². The van der Waals surface area contributed by atoms with E-state index >= 15 is 0 Å². The van der Waals surface area contributed by atoms with E-state index in [0.717, 1.165) is 57.6 Å². The van der Waals surface area contributed by atoms with Gasteiger partial charge in [0.2, 0.25) is 0 Å². The molecule has 0 bridgehead atoms. The van der Waals surface area contributed by atoms with Crippen LogP contribution < -0.4 is 5.32 Å². The maximum atomic E-state index is 12.5. The number of carbonyl (C=O) groups is 1. The molecular formula is C21H26N2O2. The van der Waals surface area contributed by atoms with Crippen LogP contribution in [-0.4, -0.2) is 43.7 Å².